The average molecular weight is 309 g/mol. The van der Waals surface area contributed by atoms with Crippen molar-refractivity contribution in [1.82, 2.24) is 9.80 Å². The molecule has 0 aliphatic carbocycles. The van der Waals surface area contributed by atoms with Gasteiger partial charge < -0.3 is 19.6 Å². The fourth-order valence-electron chi connectivity index (χ4n) is 3.09. The van der Waals surface area contributed by atoms with Crippen molar-refractivity contribution in [2.75, 3.05) is 39.4 Å². The van der Waals surface area contributed by atoms with Crippen LogP contribution < -0.4 is 0 Å². The minimum atomic E-state index is -0.968. The summed E-state index contributed by atoms with van der Waals surface area (Å²) >= 11 is 0. The highest BCUT2D eigenvalue weighted by Gasteiger charge is 2.29. The molecular weight excluding hydrogens is 286 g/mol. The largest absolute Gasteiger partial charge is 0.480 e. The van der Waals surface area contributed by atoms with Crippen LogP contribution in [0.4, 0.5) is 4.79 Å². The van der Waals surface area contributed by atoms with Gasteiger partial charge in [-0.25, -0.2) is 9.59 Å². The molecule has 2 heterocycles. The van der Waals surface area contributed by atoms with Crippen molar-refractivity contribution < 1.29 is 19.4 Å². The molecule has 2 fully saturated rings. The summed E-state index contributed by atoms with van der Waals surface area (Å²) < 4.78 is 5.15. The second-order valence-electron chi connectivity index (χ2n) is 6.04. The SMILES string of the molecule is N#CC1CCN(C(=O)N2CCCC(COCC(=O)O)C2)CC1. The minimum Gasteiger partial charge on any atom is -0.480 e. The summed E-state index contributed by atoms with van der Waals surface area (Å²) in [5, 5.41) is 17.5. The lowest BCUT2D eigenvalue weighted by Gasteiger charge is -2.38. The summed E-state index contributed by atoms with van der Waals surface area (Å²) in [6.07, 6.45) is 3.38. The molecule has 1 N–H and O–H groups in total. The molecule has 122 valence electrons. The number of carboxylic acids is 1. The van der Waals surface area contributed by atoms with Gasteiger partial charge in [0.15, 0.2) is 0 Å². The zero-order valence-corrected chi connectivity index (χ0v) is 12.7. The standard InChI is InChI=1S/C15H23N3O4/c16-8-12-3-6-17(7-4-12)15(21)18-5-1-2-13(9-18)10-22-11-14(19)20/h12-13H,1-7,9-11H2,(H,19,20). The number of piperidine rings is 2. The predicted octanol–water partition coefficient (Wildman–Crippen LogP) is 1.16. The molecule has 2 rings (SSSR count). The van der Waals surface area contributed by atoms with E-state index in [1.165, 1.54) is 0 Å². The Hall–Kier alpha value is -1.81. The number of likely N-dealkylation sites (tertiary alicyclic amines) is 2. The molecule has 0 saturated carbocycles. The van der Waals surface area contributed by atoms with Crippen molar-refractivity contribution >= 4 is 12.0 Å². The van der Waals surface area contributed by atoms with E-state index < -0.39 is 5.97 Å². The Labute approximate surface area is 130 Å². The van der Waals surface area contributed by atoms with Crippen LogP contribution in [0.15, 0.2) is 0 Å². The van der Waals surface area contributed by atoms with Crippen LogP contribution in [0.3, 0.4) is 0 Å². The van der Waals surface area contributed by atoms with Crippen LogP contribution in [0.2, 0.25) is 0 Å². The fraction of sp³-hybridized carbons (Fsp3) is 0.800. The lowest BCUT2D eigenvalue weighted by Crippen LogP contribution is -2.50. The van der Waals surface area contributed by atoms with Gasteiger partial charge in [0.2, 0.25) is 0 Å². The molecule has 2 amide bonds. The van der Waals surface area contributed by atoms with Crippen LogP contribution in [-0.4, -0.2) is 66.3 Å². The number of nitrogens with zero attached hydrogens (tertiary/aromatic N) is 3. The number of amides is 2. The third-order valence-corrected chi connectivity index (χ3v) is 4.32. The third-order valence-electron chi connectivity index (χ3n) is 4.32. The van der Waals surface area contributed by atoms with Crippen LogP contribution in [0.25, 0.3) is 0 Å². The fourth-order valence-corrected chi connectivity index (χ4v) is 3.09. The second kappa shape index (κ2) is 7.99. The van der Waals surface area contributed by atoms with Gasteiger partial charge in [-0.3, -0.25) is 0 Å². The van der Waals surface area contributed by atoms with Crippen molar-refractivity contribution in [3.8, 4) is 6.07 Å². The average Bonchev–Trinajstić information content (AvgIpc) is 2.54. The topological polar surface area (TPSA) is 93.9 Å². The maximum absolute atomic E-state index is 12.5. The first-order chi connectivity index (χ1) is 10.6. The quantitative estimate of drug-likeness (QED) is 0.841. The molecule has 1 unspecified atom stereocenters. The number of hydrogen-bond acceptors (Lipinski definition) is 4. The zero-order chi connectivity index (χ0) is 15.9. The van der Waals surface area contributed by atoms with E-state index in [2.05, 4.69) is 6.07 Å². The number of carbonyl (C=O) groups is 2. The van der Waals surface area contributed by atoms with Crippen LogP contribution in [-0.2, 0) is 9.53 Å². The molecule has 7 nitrogen and oxygen atoms in total. The minimum absolute atomic E-state index is 0.0410. The van der Waals surface area contributed by atoms with Crippen molar-refractivity contribution in [2.45, 2.75) is 25.7 Å². The highest BCUT2D eigenvalue weighted by Crippen LogP contribution is 2.21. The van der Waals surface area contributed by atoms with E-state index in [-0.39, 0.29) is 24.5 Å². The smallest absolute Gasteiger partial charge is 0.329 e. The number of carbonyl (C=O) groups excluding carboxylic acids is 1. The van der Waals surface area contributed by atoms with E-state index in [1.54, 1.807) is 0 Å². The Morgan fingerprint density at radius 3 is 2.55 bits per heavy atom. The molecule has 22 heavy (non-hydrogen) atoms. The number of ether oxygens (including phenoxy) is 1. The van der Waals surface area contributed by atoms with E-state index in [1.807, 2.05) is 9.80 Å². The van der Waals surface area contributed by atoms with Gasteiger partial charge in [-0.1, -0.05) is 0 Å². The van der Waals surface area contributed by atoms with Crippen LogP contribution in [0.1, 0.15) is 25.7 Å². The Kier molecular flexibility index (Phi) is 6.01. The lowest BCUT2D eigenvalue weighted by molar-refractivity contribution is -0.142. The molecule has 0 bridgehead atoms. The Balaban J connectivity index is 1.78. The molecule has 0 aromatic heterocycles. The Bertz CT molecular complexity index is 441. The lowest BCUT2D eigenvalue weighted by atomic mass is 9.97. The van der Waals surface area contributed by atoms with Gasteiger partial charge in [0.1, 0.15) is 6.61 Å². The maximum Gasteiger partial charge on any atom is 0.329 e. The third kappa shape index (κ3) is 4.60. The van der Waals surface area contributed by atoms with Crippen LogP contribution >= 0.6 is 0 Å². The molecule has 7 heteroatoms. The summed E-state index contributed by atoms with van der Waals surface area (Å²) in [7, 11) is 0. The van der Waals surface area contributed by atoms with Crippen LogP contribution in [0, 0.1) is 23.2 Å². The normalized spacial score (nSPS) is 23.1. The molecular formula is C15H23N3O4. The van der Waals surface area contributed by atoms with Crippen molar-refractivity contribution in [3.05, 3.63) is 0 Å². The first-order valence-corrected chi connectivity index (χ1v) is 7.83. The number of hydrogen-bond donors (Lipinski definition) is 1. The summed E-state index contributed by atoms with van der Waals surface area (Å²) in [6, 6.07) is 2.31. The highest BCUT2D eigenvalue weighted by molar-refractivity contribution is 5.74. The monoisotopic (exact) mass is 309 g/mol. The van der Waals surface area contributed by atoms with Crippen LogP contribution in [0.5, 0.6) is 0 Å². The number of rotatable bonds is 4. The van der Waals surface area contributed by atoms with Crippen molar-refractivity contribution in [2.24, 2.45) is 11.8 Å². The van der Waals surface area contributed by atoms with E-state index in [4.69, 9.17) is 15.1 Å². The first-order valence-electron chi connectivity index (χ1n) is 7.83. The number of urea groups is 1. The summed E-state index contributed by atoms with van der Waals surface area (Å²) in [5.74, 6) is -0.694. The maximum atomic E-state index is 12.5. The molecule has 0 spiro atoms. The van der Waals surface area contributed by atoms with Crippen molar-refractivity contribution in [3.63, 3.8) is 0 Å². The number of carboxylic acid groups (broad SMARTS) is 1. The second-order valence-corrected chi connectivity index (χ2v) is 6.04. The summed E-state index contributed by atoms with van der Waals surface area (Å²) in [5.41, 5.74) is 0. The van der Waals surface area contributed by atoms with E-state index in [0.29, 0.717) is 26.2 Å². The van der Waals surface area contributed by atoms with Crippen molar-refractivity contribution in [1.29, 1.82) is 5.26 Å². The van der Waals surface area contributed by atoms with E-state index in [9.17, 15) is 9.59 Å². The van der Waals surface area contributed by atoms with Gasteiger partial charge in [-0.2, -0.15) is 5.26 Å². The molecule has 0 radical (unpaired) electrons. The van der Waals surface area contributed by atoms with Gasteiger partial charge in [0.25, 0.3) is 0 Å². The number of aliphatic carboxylic acids is 1. The molecule has 1 atom stereocenters. The van der Waals surface area contributed by atoms with Gasteiger partial charge in [0, 0.05) is 38.0 Å². The Morgan fingerprint density at radius 2 is 1.91 bits per heavy atom. The van der Waals surface area contributed by atoms with E-state index >= 15 is 0 Å². The summed E-state index contributed by atoms with van der Waals surface area (Å²) in [6.45, 7) is 2.75. The Morgan fingerprint density at radius 1 is 1.18 bits per heavy atom. The molecule has 0 aromatic carbocycles. The molecule has 2 aliphatic heterocycles. The number of nitriles is 1. The zero-order valence-electron chi connectivity index (χ0n) is 12.7. The predicted molar refractivity (Wildman–Crippen MR) is 78.1 cm³/mol. The van der Waals surface area contributed by atoms with Gasteiger partial charge >= 0.3 is 12.0 Å². The molecule has 2 saturated heterocycles. The van der Waals surface area contributed by atoms with Gasteiger partial charge in [0.05, 0.1) is 12.7 Å². The van der Waals surface area contributed by atoms with Gasteiger partial charge in [-0.05, 0) is 25.7 Å². The molecule has 0 aromatic rings. The van der Waals surface area contributed by atoms with E-state index in [0.717, 1.165) is 32.2 Å². The summed E-state index contributed by atoms with van der Waals surface area (Å²) in [4.78, 5) is 26.6. The first kappa shape index (κ1) is 16.6. The highest BCUT2D eigenvalue weighted by atomic mass is 16.5. The molecule has 2 aliphatic rings. The van der Waals surface area contributed by atoms with Gasteiger partial charge in [-0.15, -0.1) is 0 Å².